The zero-order valence-corrected chi connectivity index (χ0v) is 13.7. The van der Waals surface area contributed by atoms with Crippen molar-refractivity contribution >= 4 is 11.9 Å². The Morgan fingerprint density at radius 2 is 1.68 bits per heavy atom. The Morgan fingerprint density at radius 3 is 2.41 bits per heavy atom. The number of rotatable bonds is 4. The third-order valence-corrected chi connectivity index (χ3v) is 5.46. The number of hydrogen-bond acceptors (Lipinski definition) is 2. The minimum absolute atomic E-state index is 0.0708. The maximum atomic E-state index is 11.7. The molecule has 0 aromatic carbocycles. The number of nitrogens with zero attached hydrogens (tertiary/aromatic N) is 1. The van der Waals surface area contributed by atoms with E-state index in [9.17, 15) is 4.79 Å². The lowest BCUT2D eigenvalue weighted by Crippen LogP contribution is -2.49. The van der Waals surface area contributed by atoms with Gasteiger partial charge in [0, 0.05) is 19.1 Å². The van der Waals surface area contributed by atoms with Gasteiger partial charge in [-0.05, 0) is 43.9 Å². The molecule has 3 rings (SSSR count). The molecule has 3 aliphatic rings. The molecule has 0 aliphatic heterocycles. The average molecular weight is 306 g/mol. The smallest absolute Gasteiger partial charge is 0.239 e. The summed E-state index contributed by atoms with van der Waals surface area (Å²) in [6.45, 7) is 0.314. The van der Waals surface area contributed by atoms with Gasteiger partial charge in [-0.2, -0.15) is 0 Å². The Hall–Kier alpha value is -1.26. The van der Waals surface area contributed by atoms with E-state index in [1.54, 1.807) is 7.05 Å². The molecule has 3 aliphatic carbocycles. The summed E-state index contributed by atoms with van der Waals surface area (Å²) in [6.07, 6.45) is 11.8. The van der Waals surface area contributed by atoms with E-state index in [4.69, 9.17) is 0 Å². The summed E-state index contributed by atoms with van der Waals surface area (Å²) in [6, 6.07) is 0.933. The second-order valence-corrected chi connectivity index (χ2v) is 7.23. The summed E-state index contributed by atoms with van der Waals surface area (Å²) < 4.78 is 0. The van der Waals surface area contributed by atoms with Crippen LogP contribution in [0.1, 0.15) is 57.8 Å². The highest BCUT2D eigenvalue weighted by Gasteiger charge is 2.32. The zero-order valence-electron chi connectivity index (χ0n) is 13.7. The SMILES string of the molecule is CN=C(NCC(=O)NC1CC1)NC1CCC2CCCCC2C1. The van der Waals surface area contributed by atoms with Crippen LogP contribution in [-0.2, 0) is 4.79 Å². The van der Waals surface area contributed by atoms with E-state index < -0.39 is 0 Å². The Kier molecular flexibility index (Phi) is 5.21. The molecule has 5 nitrogen and oxygen atoms in total. The number of carbonyl (C=O) groups excluding carboxylic acids is 1. The quantitative estimate of drug-likeness (QED) is 0.548. The van der Waals surface area contributed by atoms with Crippen molar-refractivity contribution in [3.63, 3.8) is 0 Å². The van der Waals surface area contributed by atoms with Gasteiger partial charge < -0.3 is 16.0 Å². The van der Waals surface area contributed by atoms with Crippen LogP contribution in [0.5, 0.6) is 0 Å². The van der Waals surface area contributed by atoms with Crippen molar-refractivity contribution in [3.05, 3.63) is 0 Å². The first kappa shape index (κ1) is 15.6. The fourth-order valence-corrected chi connectivity index (χ4v) is 4.06. The van der Waals surface area contributed by atoms with E-state index in [1.165, 1.54) is 44.9 Å². The maximum Gasteiger partial charge on any atom is 0.239 e. The van der Waals surface area contributed by atoms with Crippen LogP contribution in [0.25, 0.3) is 0 Å². The normalized spacial score (nSPS) is 32.0. The largest absolute Gasteiger partial charge is 0.354 e. The third-order valence-electron chi connectivity index (χ3n) is 5.46. The molecule has 5 heteroatoms. The van der Waals surface area contributed by atoms with E-state index in [0.717, 1.165) is 30.6 Å². The second kappa shape index (κ2) is 7.34. The minimum atomic E-state index is 0.0708. The first-order chi connectivity index (χ1) is 10.7. The monoisotopic (exact) mass is 306 g/mol. The molecule has 3 unspecified atom stereocenters. The van der Waals surface area contributed by atoms with Crippen molar-refractivity contribution < 1.29 is 4.79 Å². The van der Waals surface area contributed by atoms with Gasteiger partial charge in [-0.1, -0.05) is 25.7 Å². The van der Waals surface area contributed by atoms with Gasteiger partial charge in [-0.15, -0.1) is 0 Å². The molecule has 0 spiro atoms. The highest BCUT2D eigenvalue weighted by atomic mass is 16.2. The Bertz CT molecular complexity index is 419. The molecule has 0 radical (unpaired) electrons. The topological polar surface area (TPSA) is 65.5 Å². The molecular formula is C17H30N4O. The number of carbonyl (C=O) groups is 1. The number of guanidine groups is 1. The van der Waals surface area contributed by atoms with E-state index in [0.29, 0.717) is 18.6 Å². The maximum absolute atomic E-state index is 11.7. The minimum Gasteiger partial charge on any atom is -0.354 e. The van der Waals surface area contributed by atoms with Crippen molar-refractivity contribution in [2.24, 2.45) is 16.8 Å². The Morgan fingerprint density at radius 1 is 0.955 bits per heavy atom. The summed E-state index contributed by atoms with van der Waals surface area (Å²) in [5, 5.41) is 9.66. The van der Waals surface area contributed by atoms with Gasteiger partial charge in [0.2, 0.25) is 5.91 Å². The van der Waals surface area contributed by atoms with Crippen molar-refractivity contribution in [3.8, 4) is 0 Å². The molecule has 0 bridgehead atoms. The molecule has 1 amide bonds. The van der Waals surface area contributed by atoms with Crippen LogP contribution >= 0.6 is 0 Å². The van der Waals surface area contributed by atoms with Crippen LogP contribution < -0.4 is 16.0 Å². The molecule has 0 heterocycles. The van der Waals surface area contributed by atoms with Crippen LogP contribution in [0.3, 0.4) is 0 Å². The van der Waals surface area contributed by atoms with Crippen LogP contribution in [0.4, 0.5) is 0 Å². The van der Waals surface area contributed by atoms with Gasteiger partial charge in [0.25, 0.3) is 0 Å². The van der Waals surface area contributed by atoms with Crippen molar-refractivity contribution in [1.29, 1.82) is 0 Å². The number of aliphatic imine (C=N–C) groups is 1. The Labute approximate surface area is 133 Å². The van der Waals surface area contributed by atoms with E-state index >= 15 is 0 Å². The van der Waals surface area contributed by atoms with Crippen molar-refractivity contribution in [2.75, 3.05) is 13.6 Å². The average Bonchev–Trinajstić information content (AvgIpc) is 3.35. The standard InChI is InChI=1S/C17H30N4O/c1-18-17(19-11-16(22)20-14-8-9-14)21-15-7-6-12-4-2-3-5-13(12)10-15/h12-15H,2-11H2,1H3,(H,20,22)(H2,18,19,21). The molecule has 3 N–H and O–H groups in total. The third kappa shape index (κ3) is 4.37. The van der Waals surface area contributed by atoms with Crippen molar-refractivity contribution in [2.45, 2.75) is 69.9 Å². The van der Waals surface area contributed by atoms with Gasteiger partial charge in [0.15, 0.2) is 5.96 Å². The molecule has 22 heavy (non-hydrogen) atoms. The highest BCUT2D eigenvalue weighted by molar-refractivity contribution is 5.86. The molecule has 124 valence electrons. The second-order valence-electron chi connectivity index (χ2n) is 7.23. The number of fused-ring (bicyclic) bond motifs is 1. The van der Waals surface area contributed by atoms with Crippen LogP contribution in [0.2, 0.25) is 0 Å². The molecule has 0 aromatic rings. The summed E-state index contributed by atoms with van der Waals surface area (Å²) >= 11 is 0. The lowest BCUT2D eigenvalue weighted by atomic mass is 9.69. The number of amides is 1. The number of nitrogens with one attached hydrogen (secondary N) is 3. The molecule has 0 aromatic heterocycles. The number of hydrogen-bond donors (Lipinski definition) is 3. The van der Waals surface area contributed by atoms with Crippen LogP contribution in [-0.4, -0.2) is 37.5 Å². The molecule has 3 atom stereocenters. The lowest BCUT2D eigenvalue weighted by Gasteiger charge is -2.39. The van der Waals surface area contributed by atoms with Gasteiger partial charge in [-0.3, -0.25) is 9.79 Å². The summed E-state index contributed by atoms with van der Waals surface area (Å²) in [5.41, 5.74) is 0. The first-order valence-corrected chi connectivity index (χ1v) is 9.01. The fourth-order valence-electron chi connectivity index (χ4n) is 4.06. The predicted octanol–water partition coefficient (Wildman–Crippen LogP) is 1.79. The summed E-state index contributed by atoms with van der Waals surface area (Å²) in [4.78, 5) is 16.0. The molecular weight excluding hydrogens is 276 g/mol. The molecule has 3 fully saturated rings. The predicted molar refractivity (Wildman–Crippen MR) is 88.7 cm³/mol. The molecule has 3 saturated carbocycles. The van der Waals surface area contributed by atoms with Gasteiger partial charge in [0.1, 0.15) is 0 Å². The van der Waals surface area contributed by atoms with Gasteiger partial charge in [0.05, 0.1) is 6.54 Å². The van der Waals surface area contributed by atoms with Gasteiger partial charge >= 0.3 is 0 Å². The lowest BCUT2D eigenvalue weighted by molar-refractivity contribution is -0.120. The molecule has 0 saturated heterocycles. The van der Waals surface area contributed by atoms with Gasteiger partial charge in [-0.25, -0.2) is 0 Å². The summed E-state index contributed by atoms with van der Waals surface area (Å²) in [5.74, 6) is 2.70. The summed E-state index contributed by atoms with van der Waals surface area (Å²) in [7, 11) is 1.78. The fraction of sp³-hybridized carbons (Fsp3) is 0.882. The zero-order chi connectivity index (χ0) is 15.4. The van der Waals surface area contributed by atoms with Crippen LogP contribution in [0, 0.1) is 11.8 Å². The highest BCUT2D eigenvalue weighted by Crippen LogP contribution is 2.40. The van der Waals surface area contributed by atoms with E-state index in [-0.39, 0.29) is 5.91 Å². The van der Waals surface area contributed by atoms with Crippen molar-refractivity contribution in [1.82, 2.24) is 16.0 Å². The van der Waals surface area contributed by atoms with E-state index in [1.807, 2.05) is 0 Å². The van der Waals surface area contributed by atoms with E-state index in [2.05, 4.69) is 20.9 Å². The first-order valence-electron chi connectivity index (χ1n) is 9.01. The Balaban J connectivity index is 1.41. The van der Waals surface area contributed by atoms with Crippen LogP contribution in [0.15, 0.2) is 4.99 Å².